The van der Waals surface area contributed by atoms with E-state index in [2.05, 4.69) is 10.2 Å². The van der Waals surface area contributed by atoms with Crippen molar-refractivity contribution in [3.8, 4) is 5.75 Å². The zero-order valence-electron chi connectivity index (χ0n) is 31.5. The Bertz CT molecular complexity index is 2560. The van der Waals surface area contributed by atoms with E-state index >= 15 is 9.18 Å². The van der Waals surface area contributed by atoms with Gasteiger partial charge in [0.25, 0.3) is 0 Å². The van der Waals surface area contributed by atoms with Crippen molar-refractivity contribution in [2.45, 2.75) is 24.2 Å². The monoisotopic (exact) mass is 793 g/mol. The molecule has 10 nitrogen and oxygen atoms in total. The van der Waals surface area contributed by atoms with Gasteiger partial charge in [0, 0.05) is 30.7 Å². The summed E-state index contributed by atoms with van der Waals surface area (Å²) in [7, 11) is 3.91. The first-order valence-corrected chi connectivity index (χ1v) is 19.4. The predicted octanol–water partition coefficient (Wildman–Crippen LogP) is 9.03. The Morgan fingerprint density at radius 1 is 0.741 bits per heavy atom. The minimum absolute atomic E-state index is 0.0856. The number of hydrogen-bond donors (Lipinski definition) is 1. The second-order valence-corrected chi connectivity index (χ2v) is 15.9. The van der Waals surface area contributed by atoms with Crippen LogP contribution in [0.3, 0.4) is 0 Å². The molecule has 9 rings (SSSR count). The van der Waals surface area contributed by atoms with Gasteiger partial charge >= 0.3 is 0 Å². The van der Waals surface area contributed by atoms with Crippen LogP contribution in [0.15, 0.2) is 143 Å². The highest BCUT2D eigenvalue weighted by atomic mass is 35.5. The molecule has 1 N–H and O–H groups in total. The summed E-state index contributed by atoms with van der Waals surface area (Å²) in [6.45, 7) is 0. The number of anilines is 3. The number of phenolic OH excluding ortho intramolecular Hbond substituents is 1. The Morgan fingerprint density at radius 2 is 1.43 bits per heavy atom. The number of benzene rings is 5. The first-order chi connectivity index (χ1) is 28.0. The van der Waals surface area contributed by atoms with Crippen LogP contribution < -0.4 is 14.7 Å². The number of imide groups is 2. The van der Waals surface area contributed by atoms with Gasteiger partial charge in [-0.2, -0.15) is 10.2 Å². The fourth-order valence-corrected chi connectivity index (χ4v) is 9.86. The minimum Gasteiger partial charge on any atom is -0.505 e. The van der Waals surface area contributed by atoms with Crippen LogP contribution in [0.5, 0.6) is 5.75 Å². The van der Waals surface area contributed by atoms with E-state index in [9.17, 15) is 19.5 Å². The van der Waals surface area contributed by atoms with Crippen LogP contribution in [0.4, 0.5) is 32.8 Å². The van der Waals surface area contributed by atoms with E-state index < -0.39 is 64.3 Å². The summed E-state index contributed by atoms with van der Waals surface area (Å²) in [5.74, 6) is -7.36. The second-order valence-electron chi connectivity index (χ2n) is 15.4. The van der Waals surface area contributed by atoms with Crippen molar-refractivity contribution in [1.82, 2.24) is 0 Å². The lowest BCUT2D eigenvalue weighted by Crippen LogP contribution is -2.53. The van der Waals surface area contributed by atoms with Gasteiger partial charge in [-0.15, -0.1) is 0 Å². The molecule has 3 fully saturated rings. The van der Waals surface area contributed by atoms with E-state index in [0.717, 1.165) is 10.6 Å². The lowest BCUT2D eigenvalue weighted by atomic mass is 9.49. The normalized spacial score (nSPS) is 25.2. The number of phenols is 1. The van der Waals surface area contributed by atoms with Gasteiger partial charge in [-0.3, -0.25) is 24.1 Å². The SMILES string of the molecule is CN(C)c1ccc(N=Nc2ccc(N3C(=O)[C@H]4[C@H](CC=C5[C@H]4C[C@H]4C(=O)N(c6cccc(Cl)c6)C(=O)[C@@]4(c4ccccc4)[C@H]5c4ccc(O)c(F)c4)C3=O)cc2)cc1. The van der Waals surface area contributed by atoms with Crippen molar-refractivity contribution in [3.63, 3.8) is 0 Å². The molecule has 6 atom stereocenters. The average Bonchev–Trinajstić information content (AvgIpc) is 3.62. The largest absolute Gasteiger partial charge is 0.505 e. The lowest BCUT2D eigenvalue weighted by Gasteiger charge is -2.50. The summed E-state index contributed by atoms with van der Waals surface area (Å²) in [5.41, 5.74) is 2.93. The Hall–Kier alpha value is -6.46. The molecule has 0 radical (unpaired) electrons. The van der Waals surface area contributed by atoms with Gasteiger partial charge in [0.05, 0.1) is 45.9 Å². The highest BCUT2D eigenvalue weighted by molar-refractivity contribution is 6.32. The number of nitrogens with zero attached hydrogens (tertiary/aromatic N) is 5. The van der Waals surface area contributed by atoms with Crippen LogP contribution in [-0.2, 0) is 24.6 Å². The Labute approximate surface area is 338 Å². The number of aromatic hydroxyl groups is 1. The number of hydrogen-bond acceptors (Lipinski definition) is 8. The topological polar surface area (TPSA) is 123 Å². The van der Waals surface area contributed by atoms with Crippen LogP contribution >= 0.6 is 11.6 Å². The molecule has 290 valence electrons. The molecule has 0 aromatic heterocycles. The maximum atomic E-state index is 15.4. The second kappa shape index (κ2) is 14.2. The molecular weight excluding hydrogens is 757 g/mol. The van der Waals surface area contributed by atoms with Crippen LogP contribution in [0.1, 0.15) is 29.9 Å². The molecule has 4 amide bonds. The number of amides is 4. The number of halogens is 2. The fraction of sp³-hybridized carbons (Fsp3) is 0.217. The molecule has 2 saturated heterocycles. The van der Waals surface area contributed by atoms with Crippen molar-refractivity contribution >= 4 is 63.7 Å². The molecule has 58 heavy (non-hydrogen) atoms. The van der Waals surface area contributed by atoms with E-state index in [1.807, 2.05) is 55.4 Å². The van der Waals surface area contributed by atoms with Crippen molar-refractivity contribution in [2.24, 2.45) is 33.9 Å². The maximum absolute atomic E-state index is 15.4. The third-order valence-corrected chi connectivity index (χ3v) is 12.5. The highest BCUT2D eigenvalue weighted by Gasteiger charge is 2.70. The van der Waals surface area contributed by atoms with Gasteiger partial charge < -0.3 is 10.0 Å². The van der Waals surface area contributed by atoms with E-state index in [4.69, 9.17) is 11.6 Å². The summed E-state index contributed by atoms with van der Waals surface area (Å²) in [4.78, 5) is 63.5. The number of allylic oxidation sites excluding steroid dienone is 2. The molecular formula is C46H37ClFN5O5. The highest BCUT2D eigenvalue weighted by Crippen LogP contribution is 2.64. The molecule has 2 aliphatic heterocycles. The summed E-state index contributed by atoms with van der Waals surface area (Å²) in [6, 6.07) is 33.8. The van der Waals surface area contributed by atoms with Crippen LogP contribution in [-0.4, -0.2) is 42.8 Å². The van der Waals surface area contributed by atoms with Gasteiger partial charge in [-0.05, 0) is 109 Å². The van der Waals surface area contributed by atoms with Crippen LogP contribution in [0.2, 0.25) is 5.02 Å². The van der Waals surface area contributed by atoms with E-state index in [-0.39, 0.29) is 18.7 Å². The Morgan fingerprint density at radius 3 is 2.09 bits per heavy atom. The molecule has 5 aromatic carbocycles. The molecule has 2 heterocycles. The van der Waals surface area contributed by atoms with Gasteiger partial charge in [0.2, 0.25) is 23.6 Å². The molecule has 0 spiro atoms. The number of azo groups is 1. The first-order valence-electron chi connectivity index (χ1n) is 19.0. The summed E-state index contributed by atoms with van der Waals surface area (Å²) in [5, 5.41) is 19.3. The summed E-state index contributed by atoms with van der Waals surface area (Å²) in [6.07, 6.45) is 2.19. The Balaban J connectivity index is 1.11. The smallest absolute Gasteiger partial charge is 0.246 e. The number of carbonyl (C=O) groups excluding carboxylic acids is 4. The molecule has 5 aromatic rings. The lowest BCUT2D eigenvalue weighted by molar-refractivity contribution is -0.127. The molecule has 2 aliphatic carbocycles. The third-order valence-electron chi connectivity index (χ3n) is 12.2. The first kappa shape index (κ1) is 37.1. The van der Waals surface area contributed by atoms with Crippen molar-refractivity contribution in [2.75, 3.05) is 28.8 Å². The van der Waals surface area contributed by atoms with E-state index in [1.54, 1.807) is 78.9 Å². The van der Waals surface area contributed by atoms with E-state index in [1.165, 1.54) is 17.0 Å². The third kappa shape index (κ3) is 5.74. The standard InChI is InChI=1S/C46H37ClFN5O5/c1-51(2)31-16-12-29(13-17-31)49-50-30-14-18-32(19-15-30)52-42(55)35-21-20-34-36(40(35)44(52)57)25-37-43(56)53(33-10-6-9-28(47)24-33)45(58)46(37,27-7-4-3-5-8-27)41(34)26-11-22-39(54)38(48)23-26/h3-20,22-24,35-37,40-41,54H,21,25H2,1-2H3/t35-,36+,37-,40-,41-,46+/m0/s1. The van der Waals surface area contributed by atoms with Gasteiger partial charge in [0.15, 0.2) is 11.6 Å². The predicted molar refractivity (Wildman–Crippen MR) is 218 cm³/mol. The van der Waals surface area contributed by atoms with Gasteiger partial charge in [-0.1, -0.05) is 65.7 Å². The fourth-order valence-electron chi connectivity index (χ4n) is 9.68. The van der Waals surface area contributed by atoms with Gasteiger partial charge in [0.1, 0.15) is 0 Å². The van der Waals surface area contributed by atoms with Gasteiger partial charge in [-0.25, -0.2) is 9.29 Å². The molecule has 1 saturated carbocycles. The van der Waals surface area contributed by atoms with Crippen LogP contribution in [0.25, 0.3) is 0 Å². The zero-order valence-corrected chi connectivity index (χ0v) is 32.3. The van der Waals surface area contributed by atoms with Crippen LogP contribution in [0, 0.1) is 29.5 Å². The Kier molecular flexibility index (Phi) is 9.08. The van der Waals surface area contributed by atoms with Crippen molar-refractivity contribution in [1.29, 1.82) is 0 Å². The molecule has 0 bridgehead atoms. The average molecular weight is 794 g/mol. The number of fused-ring (bicyclic) bond motifs is 4. The van der Waals surface area contributed by atoms with E-state index in [0.29, 0.717) is 44.5 Å². The van der Waals surface area contributed by atoms with Crippen molar-refractivity contribution < 1.29 is 28.7 Å². The zero-order chi connectivity index (χ0) is 40.5. The number of carbonyl (C=O) groups is 4. The minimum atomic E-state index is -1.57. The molecule has 12 heteroatoms. The maximum Gasteiger partial charge on any atom is 0.246 e. The quantitative estimate of drug-likeness (QED) is 0.0997. The summed E-state index contributed by atoms with van der Waals surface area (Å²) >= 11 is 6.39. The van der Waals surface area contributed by atoms with Crippen molar-refractivity contribution in [3.05, 3.63) is 155 Å². The summed E-state index contributed by atoms with van der Waals surface area (Å²) < 4.78 is 15.4. The molecule has 0 unspecified atom stereocenters. The molecule has 4 aliphatic rings. The number of rotatable bonds is 7.